The summed E-state index contributed by atoms with van der Waals surface area (Å²) in [6.07, 6.45) is 6.19. The molecular weight excluding hydrogens is 348 g/mol. The molecule has 3 N–H and O–H groups in total. The van der Waals surface area contributed by atoms with E-state index in [0.717, 1.165) is 36.0 Å². The van der Waals surface area contributed by atoms with E-state index < -0.39 is 0 Å². The number of nitrogens with two attached hydrogens (primary N) is 1. The average Bonchev–Trinajstić information content (AvgIpc) is 3.42. The molecular formula is C20H17ClN4O. The molecule has 2 aromatic heterocycles. The van der Waals surface area contributed by atoms with Crippen LogP contribution in [0.4, 0.5) is 0 Å². The highest BCUT2D eigenvalue weighted by molar-refractivity contribution is 6.32. The van der Waals surface area contributed by atoms with Gasteiger partial charge in [0.15, 0.2) is 6.29 Å². The quantitative estimate of drug-likeness (QED) is 0.531. The molecule has 0 spiro atoms. The number of carbonyl (C=O) groups excluding carboxylic acids is 1. The first-order valence-electron chi connectivity index (χ1n) is 8.35. The van der Waals surface area contributed by atoms with E-state index in [0.29, 0.717) is 33.6 Å². The standard InChI is InChI=1S/C20H17ClN4O/c21-15-6-3-13(4-7-15)20(23)18(19(22)12-1-2-12)14-5-8-17-24-9-16(11-26)25(17)10-14/h3-12,23H,1-2,22H2/b19-18-,23-20?. The van der Waals surface area contributed by atoms with Gasteiger partial charge in [-0.25, -0.2) is 4.98 Å². The van der Waals surface area contributed by atoms with Gasteiger partial charge in [0.2, 0.25) is 0 Å². The second-order valence-electron chi connectivity index (χ2n) is 6.43. The molecule has 5 nitrogen and oxygen atoms in total. The fourth-order valence-electron chi connectivity index (χ4n) is 3.05. The Kier molecular flexibility index (Phi) is 4.09. The highest BCUT2D eigenvalue weighted by atomic mass is 35.5. The number of aldehydes is 1. The summed E-state index contributed by atoms with van der Waals surface area (Å²) in [5, 5.41) is 9.36. The number of imidazole rings is 1. The number of fused-ring (bicyclic) bond motifs is 1. The third kappa shape index (κ3) is 2.91. The Morgan fingerprint density at radius 2 is 1.88 bits per heavy atom. The van der Waals surface area contributed by atoms with Crippen molar-refractivity contribution in [1.29, 1.82) is 5.41 Å². The van der Waals surface area contributed by atoms with Crippen molar-refractivity contribution in [3.63, 3.8) is 0 Å². The lowest BCUT2D eigenvalue weighted by atomic mass is 9.94. The van der Waals surface area contributed by atoms with Gasteiger partial charge >= 0.3 is 0 Å². The zero-order valence-electron chi connectivity index (χ0n) is 13.9. The van der Waals surface area contributed by atoms with Crippen LogP contribution in [0.2, 0.25) is 5.02 Å². The molecule has 1 aliphatic carbocycles. The third-order valence-corrected chi connectivity index (χ3v) is 4.88. The Morgan fingerprint density at radius 3 is 2.54 bits per heavy atom. The predicted molar refractivity (Wildman–Crippen MR) is 103 cm³/mol. The number of aromatic nitrogens is 2. The largest absolute Gasteiger partial charge is 0.401 e. The number of rotatable bonds is 5. The van der Waals surface area contributed by atoms with Crippen LogP contribution in [0.5, 0.6) is 0 Å². The van der Waals surface area contributed by atoms with Crippen LogP contribution < -0.4 is 5.73 Å². The average molecular weight is 365 g/mol. The monoisotopic (exact) mass is 364 g/mol. The molecule has 0 saturated heterocycles. The molecule has 3 aromatic rings. The van der Waals surface area contributed by atoms with Crippen LogP contribution in [-0.4, -0.2) is 21.4 Å². The van der Waals surface area contributed by atoms with Gasteiger partial charge in [0.25, 0.3) is 0 Å². The number of hydrogen-bond acceptors (Lipinski definition) is 4. The highest BCUT2D eigenvalue weighted by Crippen LogP contribution is 2.38. The number of nitrogens with zero attached hydrogens (tertiary/aromatic N) is 2. The molecule has 0 amide bonds. The summed E-state index contributed by atoms with van der Waals surface area (Å²) >= 11 is 5.97. The van der Waals surface area contributed by atoms with Gasteiger partial charge in [-0.1, -0.05) is 23.7 Å². The Morgan fingerprint density at radius 1 is 1.19 bits per heavy atom. The molecule has 1 aliphatic rings. The number of carbonyl (C=O) groups is 1. The molecule has 2 heterocycles. The van der Waals surface area contributed by atoms with Crippen molar-refractivity contribution < 1.29 is 4.79 Å². The van der Waals surface area contributed by atoms with Crippen molar-refractivity contribution in [3.8, 4) is 0 Å². The normalized spacial score (nSPS) is 15.0. The van der Waals surface area contributed by atoms with Crippen molar-refractivity contribution in [2.75, 3.05) is 0 Å². The molecule has 0 radical (unpaired) electrons. The van der Waals surface area contributed by atoms with Gasteiger partial charge in [0.05, 0.1) is 11.9 Å². The lowest BCUT2D eigenvalue weighted by Gasteiger charge is -2.15. The molecule has 130 valence electrons. The number of hydrogen-bond donors (Lipinski definition) is 2. The van der Waals surface area contributed by atoms with Crippen LogP contribution in [0.3, 0.4) is 0 Å². The van der Waals surface area contributed by atoms with Gasteiger partial charge in [-0.05, 0) is 43.0 Å². The number of pyridine rings is 1. The molecule has 0 atom stereocenters. The lowest BCUT2D eigenvalue weighted by Crippen LogP contribution is -2.13. The van der Waals surface area contributed by atoms with Crippen LogP contribution in [-0.2, 0) is 0 Å². The van der Waals surface area contributed by atoms with Gasteiger partial charge in [0.1, 0.15) is 11.3 Å². The van der Waals surface area contributed by atoms with E-state index in [1.165, 1.54) is 6.20 Å². The van der Waals surface area contributed by atoms with E-state index in [4.69, 9.17) is 22.7 Å². The molecule has 1 fully saturated rings. The van der Waals surface area contributed by atoms with Gasteiger partial charge in [-0.3, -0.25) is 14.6 Å². The molecule has 0 bridgehead atoms. The fraction of sp³-hybridized carbons (Fsp3) is 0.150. The van der Waals surface area contributed by atoms with Gasteiger partial charge < -0.3 is 5.73 Å². The first-order valence-corrected chi connectivity index (χ1v) is 8.73. The number of halogens is 1. The number of benzene rings is 1. The zero-order valence-corrected chi connectivity index (χ0v) is 14.7. The minimum atomic E-state index is 0.307. The van der Waals surface area contributed by atoms with Crippen LogP contribution in [0, 0.1) is 11.3 Å². The Balaban J connectivity index is 1.86. The zero-order chi connectivity index (χ0) is 18.3. The van der Waals surface area contributed by atoms with E-state index in [2.05, 4.69) is 4.98 Å². The maximum absolute atomic E-state index is 11.2. The molecule has 0 unspecified atom stereocenters. The van der Waals surface area contributed by atoms with Crippen LogP contribution in [0.1, 0.15) is 34.5 Å². The number of nitrogens with one attached hydrogen (secondary N) is 1. The van der Waals surface area contributed by atoms with E-state index in [-0.39, 0.29) is 0 Å². The smallest absolute Gasteiger partial charge is 0.168 e. The molecule has 6 heteroatoms. The number of allylic oxidation sites excluding steroid dienone is 2. The Hall–Kier alpha value is -2.92. The third-order valence-electron chi connectivity index (χ3n) is 4.63. The summed E-state index contributed by atoms with van der Waals surface area (Å²) < 4.78 is 1.72. The Bertz CT molecular complexity index is 1050. The summed E-state index contributed by atoms with van der Waals surface area (Å²) in [5.74, 6) is 0.307. The first-order chi connectivity index (χ1) is 12.6. The minimum Gasteiger partial charge on any atom is -0.401 e. The van der Waals surface area contributed by atoms with Crippen molar-refractivity contribution in [2.24, 2.45) is 11.7 Å². The van der Waals surface area contributed by atoms with Crippen molar-refractivity contribution >= 4 is 34.8 Å². The second kappa shape index (κ2) is 6.42. The first kappa shape index (κ1) is 16.5. The lowest BCUT2D eigenvalue weighted by molar-refractivity contribution is 0.111. The van der Waals surface area contributed by atoms with Crippen LogP contribution in [0.25, 0.3) is 11.2 Å². The van der Waals surface area contributed by atoms with E-state index in [1.807, 2.05) is 30.5 Å². The minimum absolute atomic E-state index is 0.307. The van der Waals surface area contributed by atoms with Gasteiger partial charge in [-0.2, -0.15) is 0 Å². The summed E-state index contributed by atoms with van der Waals surface area (Å²) in [7, 11) is 0. The molecule has 26 heavy (non-hydrogen) atoms. The van der Waals surface area contributed by atoms with E-state index in [9.17, 15) is 4.79 Å². The van der Waals surface area contributed by atoms with E-state index >= 15 is 0 Å². The topological polar surface area (TPSA) is 84.2 Å². The van der Waals surface area contributed by atoms with Crippen molar-refractivity contribution in [2.45, 2.75) is 12.8 Å². The fourth-order valence-corrected chi connectivity index (χ4v) is 3.18. The highest BCUT2D eigenvalue weighted by Gasteiger charge is 2.29. The van der Waals surface area contributed by atoms with Gasteiger partial charge in [0, 0.05) is 33.6 Å². The molecule has 4 rings (SSSR count). The van der Waals surface area contributed by atoms with Crippen molar-refractivity contribution in [3.05, 3.63) is 76.3 Å². The Labute approximate surface area is 155 Å². The second-order valence-corrected chi connectivity index (χ2v) is 6.87. The SMILES string of the molecule is N=C(/C(=C(\N)C1CC1)c1ccc2ncc(C=O)n2c1)c1ccc(Cl)cc1. The van der Waals surface area contributed by atoms with Crippen LogP contribution >= 0.6 is 11.6 Å². The summed E-state index contributed by atoms with van der Waals surface area (Å²) in [4.78, 5) is 15.5. The van der Waals surface area contributed by atoms with E-state index in [1.54, 1.807) is 16.5 Å². The summed E-state index contributed by atoms with van der Waals surface area (Å²) in [6, 6.07) is 10.9. The maximum Gasteiger partial charge on any atom is 0.168 e. The van der Waals surface area contributed by atoms with Crippen LogP contribution in [0.15, 0.2) is 54.5 Å². The van der Waals surface area contributed by atoms with Crippen molar-refractivity contribution in [1.82, 2.24) is 9.38 Å². The predicted octanol–water partition coefficient (Wildman–Crippen LogP) is 3.95. The summed E-state index contributed by atoms with van der Waals surface area (Å²) in [6.45, 7) is 0. The molecule has 1 saturated carbocycles. The molecule has 1 aromatic carbocycles. The van der Waals surface area contributed by atoms with Gasteiger partial charge in [-0.15, -0.1) is 0 Å². The summed E-state index contributed by atoms with van der Waals surface area (Å²) in [5.41, 5.74) is 10.9. The molecule has 0 aliphatic heterocycles. The maximum atomic E-state index is 11.2.